The van der Waals surface area contributed by atoms with Gasteiger partial charge in [-0.05, 0) is 61.4 Å². The number of carbonyl (C=O) groups excluding carboxylic acids is 1. The molecule has 1 atom stereocenters. The van der Waals surface area contributed by atoms with Gasteiger partial charge in [-0.1, -0.05) is 6.92 Å². The summed E-state index contributed by atoms with van der Waals surface area (Å²) in [6, 6.07) is 12.8. The highest BCUT2D eigenvalue weighted by Crippen LogP contribution is 2.16. The van der Waals surface area contributed by atoms with Crippen molar-refractivity contribution in [1.29, 1.82) is 0 Å². The second kappa shape index (κ2) is 9.64. The maximum atomic E-state index is 13.0. The Morgan fingerprint density at radius 2 is 1.82 bits per heavy atom. The third-order valence-electron chi connectivity index (χ3n) is 5.16. The predicted molar refractivity (Wildman–Crippen MR) is 122 cm³/mol. The molecule has 2 aromatic carbocycles. The molecular formula is C24H24FN5O3. The standard InChI is InChI=1S/C24H24FN5O3/c1-3-33-20-10-8-19(9-11-20)29-12-13-30-21(27-28-23(30)24(29)32)14-16(2)15-22(31)26-18-6-4-17(25)5-7-18/h4-13,16H,3,14-15H2,1-2H3,(H,26,31)/t16-/m0/s1. The molecule has 0 unspecified atom stereocenters. The number of halogens is 1. The second-order valence-electron chi connectivity index (χ2n) is 7.78. The van der Waals surface area contributed by atoms with Crippen LogP contribution in [-0.4, -0.2) is 31.7 Å². The fourth-order valence-corrected chi connectivity index (χ4v) is 3.59. The number of benzene rings is 2. The molecular weight excluding hydrogens is 425 g/mol. The molecule has 0 bridgehead atoms. The van der Waals surface area contributed by atoms with Gasteiger partial charge in [0.25, 0.3) is 0 Å². The van der Waals surface area contributed by atoms with E-state index in [4.69, 9.17) is 4.74 Å². The summed E-state index contributed by atoms with van der Waals surface area (Å²) in [5.74, 6) is 0.745. The summed E-state index contributed by atoms with van der Waals surface area (Å²) in [6.45, 7) is 4.40. The molecule has 1 N–H and O–H groups in total. The van der Waals surface area contributed by atoms with Crippen LogP contribution in [0.2, 0.25) is 0 Å². The highest BCUT2D eigenvalue weighted by Gasteiger charge is 2.16. The zero-order valence-corrected chi connectivity index (χ0v) is 18.4. The van der Waals surface area contributed by atoms with Gasteiger partial charge in [0, 0.05) is 36.6 Å². The molecule has 0 spiro atoms. The van der Waals surface area contributed by atoms with E-state index < -0.39 is 0 Å². The number of rotatable bonds is 8. The topological polar surface area (TPSA) is 90.5 Å². The molecule has 2 aromatic heterocycles. The van der Waals surface area contributed by atoms with E-state index in [0.29, 0.717) is 30.2 Å². The maximum Gasteiger partial charge on any atom is 0.300 e. The molecule has 0 fully saturated rings. The molecule has 9 heteroatoms. The van der Waals surface area contributed by atoms with Gasteiger partial charge in [0.1, 0.15) is 17.4 Å². The third-order valence-corrected chi connectivity index (χ3v) is 5.16. The quantitative estimate of drug-likeness (QED) is 0.444. The number of aromatic nitrogens is 4. The largest absolute Gasteiger partial charge is 0.494 e. The van der Waals surface area contributed by atoms with Crippen molar-refractivity contribution in [2.45, 2.75) is 26.7 Å². The van der Waals surface area contributed by atoms with Gasteiger partial charge in [0.05, 0.1) is 6.61 Å². The maximum absolute atomic E-state index is 13.0. The molecule has 0 radical (unpaired) electrons. The van der Waals surface area contributed by atoms with Crippen LogP contribution in [0.1, 0.15) is 26.1 Å². The molecule has 0 aliphatic heterocycles. The molecule has 4 rings (SSSR count). The highest BCUT2D eigenvalue weighted by molar-refractivity contribution is 5.90. The summed E-state index contributed by atoms with van der Waals surface area (Å²) in [5.41, 5.74) is 1.16. The lowest BCUT2D eigenvalue weighted by molar-refractivity contribution is -0.116. The first-order chi connectivity index (χ1) is 15.9. The SMILES string of the molecule is CCOc1ccc(-n2ccn3c(C[C@H](C)CC(=O)Nc4ccc(F)cc4)nnc3c2=O)cc1. The van der Waals surface area contributed by atoms with E-state index in [1.165, 1.54) is 28.8 Å². The number of fused-ring (bicyclic) bond motifs is 1. The molecule has 0 saturated carbocycles. The first kappa shape index (κ1) is 22.2. The molecule has 33 heavy (non-hydrogen) atoms. The van der Waals surface area contributed by atoms with E-state index in [2.05, 4.69) is 15.5 Å². The van der Waals surface area contributed by atoms with Crippen LogP contribution in [0.25, 0.3) is 11.3 Å². The minimum absolute atomic E-state index is 0.0496. The van der Waals surface area contributed by atoms with Crippen LogP contribution in [0.3, 0.4) is 0 Å². The Kier molecular flexibility index (Phi) is 6.48. The van der Waals surface area contributed by atoms with Gasteiger partial charge in [-0.3, -0.25) is 18.6 Å². The summed E-state index contributed by atoms with van der Waals surface area (Å²) in [7, 11) is 0. The molecule has 1 amide bonds. The Morgan fingerprint density at radius 3 is 2.52 bits per heavy atom. The number of carbonyl (C=O) groups is 1. The van der Waals surface area contributed by atoms with E-state index >= 15 is 0 Å². The summed E-state index contributed by atoms with van der Waals surface area (Å²) in [4.78, 5) is 25.3. The van der Waals surface area contributed by atoms with E-state index in [-0.39, 0.29) is 35.3 Å². The zero-order valence-electron chi connectivity index (χ0n) is 18.4. The van der Waals surface area contributed by atoms with Crippen molar-refractivity contribution in [1.82, 2.24) is 19.2 Å². The van der Waals surface area contributed by atoms with Crippen LogP contribution in [0.4, 0.5) is 10.1 Å². The van der Waals surface area contributed by atoms with E-state index in [0.717, 1.165) is 5.75 Å². The molecule has 2 heterocycles. The zero-order chi connectivity index (χ0) is 23.4. The molecule has 0 saturated heterocycles. The molecule has 170 valence electrons. The van der Waals surface area contributed by atoms with Crippen LogP contribution in [0.5, 0.6) is 5.75 Å². The number of amides is 1. The van der Waals surface area contributed by atoms with Crippen molar-refractivity contribution >= 4 is 17.2 Å². The minimum Gasteiger partial charge on any atom is -0.494 e. The summed E-state index contributed by atoms with van der Waals surface area (Å²) in [6.07, 6.45) is 4.12. The Bertz CT molecular complexity index is 1310. The Hall–Kier alpha value is -4.01. The van der Waals surface area contributed by atoms with Crippen molar-refractivity contribution in [2.24, 2.45) is 5.92 Å². The number of ether oxygens (including phenoxy) is 1. The number of hydrogen-bond acceptors (Lipinski definition) is 5. The van der Waals surface area contributed by atoms with Crippen LogP contribution in [-0.2, 0) is 11.2 Å². The van der Waals surface area contributed by atoms with Crippen molar-refractivity contribution in [2.75, 3.05) is 11.9 Å². The smallest absolute Gasteiger partial charge is 0.300 e. The lowest BCUT2D eigenvalue weighted by Crippen LogP contribution is -2.21. The van der Waals surface area contributed by atoms with Gasteiger partial charge in [0.15, 0.2) is 0 Å². The second-order valence-corrected chi connectivity index (χ2v) is 7.78. The van der Waals surface area contributed by atoms with E-state index in [9.17, 15) is 14.0 Å². The molecule has 0 aliphatic carbocycles. The number of anilines is 1. The van der Waals surface area contributed by atoms with E-state index in [1.807, 2.05) is 38.1 Å². The predicted octanol–water partition coefficient (Wildman–Crippen LogP) is 3.63. The lowest BCUT2D eigenvalue weighted by atomic mass is 10.0. The van der Waals surface area contributed by atoms with Crippen molar-refractivity contribution < 1.29 is 13.9 Å². The number of nitrogens with zero attached hydrogens (tertiary/aromatic N) is 4. The van der Waals surface area contributed by atoms with Crippen LogP contribution >= 0.6 is 0 Å². The van der Waals surface area contributed by atoms with Crippen molar-refractivity contribution in [3.8, 4) is 11.4 Å². The molecule has 8 nitrogen and oxygen atoms in total. The normalized spacial score (nSPS) is 12.0. The fraction of sp³-hybridized carbons (Fsp3) is 0.250. The molecule has 0 aliphatic rings. The first-order valence-corrected chi connectivity index (χ1v) is 10.7. The summed E-state index contributed by atoms with van der Waals surface area (Å²) < 4.78 is 21.6. The van der Waals surface area contributed by atoms with Crippen LogP contribution in [0, 0.1) is 11.7 Å². The fourth-order valence-electron chi connectivity index (χ4n) is 3.59. The first-order valence-electron chi connectivity index (χ1n) is 10.7. The average Bonchev–Trinajstić information content (AvgIpc) is 3.20. The van der Waals surface area contributed by atoms with Crippen LogP contribution < -0.4 is 15.6 Å². The summed E-state index contributed by atoms with van der Waals surface area (Å²) in [5, 5.41) is 11.0. The Morgan fingerprint density at radius 1 is 1.09 bits per heavy atom. The van der Waals surface area contributed by atoms with Crippen LogP contribution in [0.15, 0.2) is 65.7 Å². The van der Waals surface area contributed by atoms with Gasteiger partial charge in [-0.15, -0.1) is 10.2 Å². The van der Waals surface area contributed by atoms with Gasteiger partial charge >= 0.3 is 5.56 Å². The van der Waals surface area contributed by atoms with Gasteiger partial charge in [0.2, 0.25) is 11.6 Å². The lowest BCUT2D eigenvalue weighted by Gasteiger charge is -2.11. The van der Waals surface area contributed by atoms with Gasteiger partial charge in [-0.2, -0.15) is 0 Å². The monoisotopic (exact) mass is 449 g/mol. The molecule has 4 aromatic rings. The third kappa shape index (κ3) is 5.08. The average molecular weight is 449 g/mol. The van der Waals surface area contributed by atoms with E-state index in [1.54, 1.807) is 16.8 Å². The Balaban J connectivity index is 1.46. The Labute approximate surface area is 189 Å². The number of nitrogens with one attached hydrogen (secondary N) is 1. The minimum atomic E-state index is -0.360. The van der Waals surface area contributed by atoms with Gasteiger partial charge < -0.3 is 10.1 Å². The summed E-state index contributed by atoms with van der Waals surface area (Å²) >= 11 is 0. The van der Waals surface area contributed by atoms with Crippen molar-refractivity contribution in [3.05, 3.63) is 82.9 Å². The van der Waals surface area contributed by atoms with Crippen molar-refractivity contribution in [3.63, 3.8) is 0 Å². The number of hydrogen-bond donors (Lipinski definition) is 1. The van der Waals surface area contributed by atoms with Gasteiger partial charge in [-0.25, -0.2) is 4.39 Å². The highest BCUT2D eigenvalue weighted by atomic mass is 19.1.